The van der Waals surface area contributed by atoms with E-state index >= 15 is 0 Å². The molecular formula is C21H22ClN5OS. The van der Waals surface area contributed by atoms with Crippen LogP contribution in [-0.4, -0.2) is 56.2 Å². The number of hydrogen-bond donors (Lipinski definition) is 0. The van der Waals surface area contributed by atoms with Crippen LogP contribution in [0.15, 0.2) is 54.6 Å². The van der Waals surface area contributed by atoms with E-state index in [1.54, 1.807) is 0 Å². The molecule has 2 aromatic carbocycles. The topological polar surface area (TPSA) is 46.3 Å². The molecule has 0 atom stereocenters. The quantitative estimate of drug-likeness (QED) is 0.596. The molecule has 0 radical (unpaired) electrons. The maximum absolute atomic E-state index is 12.6. The molecule has 0 aliphatic carbocycles. The minimum atomic E-state index is 0.0877. The Morgan fingerprint density at radius 3 is 2.34 bits per heavy atom. The van der Waals surface area contributed by atoms with Crippen LogP contribution in [0.3, 0.4) is 0 Å². The monoisotopic (exact) mass is 427 g/mol. The third-order valence-electron chi connectivity index (χ3n) is 5.16. The van der Waals surface area contributed by atoms with E-state index in [2.05, 4.69) is 4.90 Å². The van der Waals surface area contributed by atoms with Gasteiger partial charge in [-0.25, -0.2) is 4.68 Å². The van der Waals surface area contributed by atoms with Gasteiger partial charge in [0.25, 0.3) is 5.91 Å². The molecule has 1 amide bonds. The molecule has 1 saturated heterocycles. The molecule has 1 aliphatic rings. The van der Waals surface area contributed by atoms with Gasteiger partial charge >= 0.3 is 0 Å². The van der Waals surface area contributed by atoms with Crippen LogP contribution >= 0.6 is 23.8 Å². The van der Waals surface area contributed by atoms with Crippen molar-refractivity contribution < 1.29 is 4.79 Å². The van der Waals surface area contributed by atoms with Gasteiger partial charge in [-0.15, -0.1) is 0 Å². The Morgan fingerprint density at radius 2 is 1.69 bits per heavy atom. The molecule has 1 aromatic heterocycles. The van der Waals surface area contributed by atoms with E-state index in [1.165, 1.54) is 0 Å². The van der Waals surface area contributed by atoms with Crippen molar-refractivity contribution >= 4 is 29.7 Å². The van der Waals surface area contributed by atoms with Crippen molar-refractivity contribution in [3.63, 3.8) is 0 Å². The highest BCUT2D eigenvalue weighted by atomic mass is 35.5. The molecule has 29 heavy (non-hydrogen) atoms. The van der Waals surface area contributed by atoms with Crippen LogP contribution < -0.4 is 0 Å². The lowest BCUT2D eigenvalue weighted by atomic mass is 10.2. The minimum absolute atomic E-state index is 0.0877. The van der Waals surface area contributed by atoms with E-state index in [0.29, 0.717) is 29.6 Å². The first-order valence-corrected chi connectivity index (χ1v) is 10.3. The van der Waals surface area contributed by atoms with Gasteiger partial charge < -0.3 is 9.47 Å². The molecule has 0 bridgehead atoms. The summed E-state index contributed by atoms with van der Waals surface area (Å²) in [5, 5.41) is 5.41. The van der Waals surface area contributed by atoms with Crippen molar-refractivity contribution in [1.29, 1.82) is 0 Å². The summed E-state index contributed by atoms with van der Waals surface area (Å²) in [5.74, 6) is 0.897. The summed E-state index contributed by atoms with van der Waals surface area (Å²) < 4.78 is 4.42. The molecule has 1 aliphatic heterocycles. The van der Waals surface area contributed by atoms with Gasteiger partial charge in [0.05, 0.1) is 6.67 Å². The predicted octanol–water partition coefficient (Wildman–Crippen LogP) is 3.69. The summed E-state index contributed by atoms with van der Waals surface area (Å²) >= 11 is 11.6. The molecule has 0 N–H and O–H groups in total. The van der Waals surface area contributed by atoms with Crippen molar-refractivity contribution in [2.24, 2.45) is 7.05 Å². The number of aromatic nitrogens is 3. The predicted molar refractivity (Wildman–Crippen MR) is 116 cm³/mol. The van der Waals surface area contributed by atoms with Gasteiger partial charge in [0.1, 0.15) is 0 Å². The smallest absolute Gasteiger partial charge is 0.253 e. The molecule has 0 spiro atoms. The Morgan fingerprint density at radius 1 is 1.03 bits per heavy atom. The maximum atomic E-state index is 12.6. The van der Waals surface area contributed by atoms with Crippen molar-refractivity contribution in [2.75, 3.05) is 26.2 Å². The number of nitrogens with zero attached hydrogens (tertiary/aromatic N) is 5. The van der Waals surface area contributed by atoms with Crippen LogP contribution in [0, 0.1) is 4.77 Å². The lowest BCUT2D eigenvalue weighted by Crippen LogP contribution is -2.49. The summed E-state index contributed by atoms with van der Waals surface area (Å²) in [5.41, 5.74) is 1.71. The number of halogens is 1. The summed E-state index contributed by atoms with van der Waals surface area (Å²) in [6.07, 6.45) is 0. The first-order chi connectivity index (χ1) is 14.0. The Bertz CT molecular complexity index is 1050. The van der Waals surface area contributed by atoms with E-state index in [4.69, 9.17) is 28.9 Å². The summed E-state index contributed by atoms with van der Waals surface area (Å²) in [6, 6.07) is 17.0. The Hall–Kier alpha value is -2.48. The Kier molecular flexibility index (Phi) is 5.80. The van der Waals surface area contributed by atoms with Crippen LogP contribution in [0.5, 0.6) is 0 Å². The number of carbonyl (C=O) groups is 1. The van der Waals surface area contributed by atoms with Crippen molar-refractivity contribution in [2.45, 2.75) is 6.67 Å². The molecule has 4 rings (SSSR count). The SMILES string of the molecule is Cn1c(-c2ccc(Cl)cc2)nn(CN2CCN(C(=O)c3ccccc3)CC2)c1=S. The molecule has 0 unspecified atom stereocenters. The molecule has 2 heterocycles. The third-order valence-corrected chi connectivity index (χ3v) is 5.89. The number of amides is 1. The van der Waals surface area contributed by atoms with Gasteiger partial charge in [0.2, 0.25) is 0 Å². The number of hydrogen-bond acceptors (Lipinski definition) is 4. The van der Waals surface area contributed by atoms with Crippen LogP contribution in [0.2, 0.25) is 5.02 Å². The first-order valence-electron chi connectivity index (χ1n) is 9.49. The van der Waals surface area contributed by atoms with Gasteiger partial charge in [-0.3, -0.25) is 9.69 Å². The second-order valence-corrected chi connectivity index (χ2v) is 7.89. The maximum Gasteiger partial charge on any atom is 0.253 e. The fourth-order valence-electron chi connectivity index (χ4n) is 3.48. The van der Waals surface area contributed by atoms with Gasteiger partial charge in [-0.05, 0) is 48.6 Å². The second kappa shape index (κ2) is 8.49. The lowest BCUT2D eigenvalue weighted by molar-refractivity contribution is 0.0585. The molecule has 6 nitrogen and oxygen atoms in total. The average molecular weight is 428 g/mol. The number of piperazine rings is 1. The highest BCUT2D eigenvalue weighted by Crippen LogP contribution is 2.20. The van der Waals surface area contributed by atoms with Crippen LogP contribution in [-0.2, 0) is 13.7 Å². The third kappa shape index (κ3) is 4.27. The van der Waals surface area contributed by atoms with Crippen LogP contribution in [0.1, 0.15) is 10.4 Å². The molecule has 150 valence electrons. The Labute approximate surface area is 179 Å². The van der Waals surface area contributed by atoms with Crippen molar-refractivity contribution in [3.8, 4) is 11.4 Å². The second-order valence-electron chi connectivity index (χ2n) is 7.09. The molecule has 3 aromatic rings. The van der Waals surface area contributed by atoms with E-state index in [1.807, 2.05) is 75.8 Å². The van der Waals surface area contributed by atoms with Crippen LogP contribution in [0.4, 0.5) is 0 Å². The number of carbonyl (C=O) groups excluding carboxylic acids is 1. The number of rotatable bonds is 4. The Balaban J connectivity index is 1.42. The summed E-state index contributed by atoms with van der Waals surface area (Å²) in [4.78, 5) is 16.8. The normalized spacial score (nSPS) is 14.9. The zero-order valence-electron chi connectivity index (χ0n) is 16.2. The summed E-state index contributed by atoms with van der Waals surface area (Å²) in [6.45, 7) is 3.56. The largest absolute Gasteiger partial charge is 0.336 e. The van der Waals surface area contributed by atoms with Gasteiger partial charge in [-0.2, -0.15) is 5.10 Å². The molecular weight excluding hydrogens is 406 g/mol. The van der Waals surface area contributed by atoms with Crippen molar-refractivity contribution in [3.05, 3.63) is 70.0 Å². The van der Waals surface area contributed by atoms with E-state index in [9.17, 15) is 4.79 Å². The average Bonchev–Trinajstić information content (AvgIpc) is 3.03. The van der Waals surface area contributed by atoms with E-state index in [-0.39, 0.29) is 5.91 Å². The van der Waals surface area contributed by atoms with Gasteiger partial charge in [0, 0.05) is 49.4 Å². The highest BCUT2D eigenvalue weighted by Gasteiger charge is 2.23. The molecule has 8 heteroatoms. The fourth-order valence-corrected chi connectivity index (χ4v) is 3.79. The van der Waals surface area contributed by atoms with Gasteiger partial charge in [0.15, 0.2) is 10.6 Å². The number of benzene rings is 2. The highest BCUT2D eigenvalue weighted by molar-refractivity contribution is 7.71. The van der Waals surface area contributed by atoms with Crippen LogP contribution in [0.25, 0.3) is 11.4 Å². The zero-order chi connectivity index (χ0) is 20.4. The molecule has 0 saturated carbocycles. The van der Waals surface area contributed by atoms with E-state index in [0.717, 1.165) is 30.0 Å². The van der Waals surface area contributed by atoms with Gasteiger partial charge in [-0.1, -0.05) is 29.8 Å². The first kappa shape index (κ1) is 19.8. The summed E-state index contributed by atoms with van der Waals surface area (Å²) in [7, 11) is 1.92. The lowest BCUT2D eigenvalue weighted by Gasteiger charge is -2.34. The molecule has 1 fully saturated rings. The zero-order valence-corrected chi connectivity index (χ0v) is 17.7. The minimum Gasteiger partial charge on any atom is -0.336 e. The van der Waals surface area contributed by atoms with E-state index < -0.39 is 0 Å². The fraction of sp³-hybridized carbons (Fsp3) is 0.286. The standard InChI is InChI=1S/C21H22ClN5OS/c1-24-19(16-7-9-18(22)10-8-16)23-27(21(24)29)15-25-11-13-26(14-12-25)20(28)17-5-3-2-4-6-17/h2-10H,11-15H2,1H3. The van der Waals surface area contributed by atoms with Crippen molar-refractivity contribution in [1.82, 2.24) is 24.1 Å².